The molecular formula is C17H18F2O. The Morgan fingerprint density at radius 2 is 1.55 bits per heavy atom. The standard InChI is InChI=1S/C17H18F2O/c1-17(2,3)12-9-7-11(8-10-12)16(20)13-5-4-6-14(18)15(13)19/h4-10,16,20H,1-3H3. The van der Waals surface area contributed by atoms with Gasteiger partial charge in [-0.1, -0.05) is 57.2 Å². The van der Waals surface area contributed by atoms with E-state index in [0.29, 0.717) is 5.56 Å². The lowest BCUT2D eigenvalue weighted by Gasteiger charge is -2.20. The molecule has 2 aromatic rings. The lowest BCUT2D eigenvalue weighted by Crippen LogP contribution is -2.11. The predicted octanol–water partition coefficient (Wildman–Crippen LogP) is 4.34. The second-order valence-corrected chi connectivity index (χ2v) is 5.92. The molecule has 0 aliphatic carbocycles. The number of rotatable bonds is 2. The lowest BCUT2D eigenvalue weighted by molar-refractivity contribution is 0.213. The van der Waals surface area contributed by atoms with Crippen LogP contribution in [-0.2, 0) is 5.41 Å². The second-order valence-electron chi connectivity index (χ2n) is 5.92. The van der Waals surface area contributed by atoms with Gasteiger partial charge >= 0.3 is 0 Å². The molecule has 2 aromatic carbocycles. The monoisotopic (exact) mass is 276 g/mol. The Kier molecular flexibility index (Phi) is 3.91. The number of aliphatic hydroxyl groups excluding tert-OH is 1. The molecule has 0 heterocycles. The SMILES string of the molecule is CC(C)(C)c1ccc(C(O)c2cccc(F)c2F)cc1. The Balaban J connectivity index is 2.34. The second kappa shape index (κ2) is 5.33. The first-order valence-electron chi connectivity index (χ1n) is 6.53. The van der Waals surface area contributed by atoms with Crippen molar-refractivity contribution in [1.29, 1.82) is 0 Å². The molecule has 2 rings (SSSR count). The summed E-state index contributed by atoms with van der Waals surface area (Å²) in [4.78, 5) is 0. The van der Waals surface area contributed by atoms with Crippen molar-refractivity contribution in [2.45, 2.75) is 32.3 Å². The van der Waals surface area contributed by atoms with Gasteiger partial charge in [0, 0.05) is 5.56 Å². The highest BCUT2D eigenvalue weighted by atomic mass is 19.2. The molecule has 0 radical (unpaired) electrons. The van der Waals surface area contributed by atoms with Crippen molar-refractivity contribution in [1.82, 2.24) is 0 Å². The molecule has 20 heavy (non-hydrogen) atoms. The highest BCUT2D eigenvalue weighted by Crippen LogP contribution is 2.28. The Morgan fingerprint density at radius 3 is 2.10 bits per heavy atom. The molecule has 0 saturated heterocycles. The Morgan fingerprint density at radius 1 is 0.950 bits per heavy atom. The van der Waals surface area contributed by atoms with Gasteiger partial charge in [-0.3, -0.25) is 0 Å². The van der Waals surface area contributed by atoms with E-state index in [1.54, 1.807) is 12.1 Å². The zero-order valence-electron chi connectivity index (χ0n) is 11.8. The van der Waals surface area contributed by atoms with E-state index in [1.165, 1.54) is 12.1 Å². The third kappa shape index (κ3) is 2.88. The van der Waals surface area contributed by atoms with Gasteiger partial charge in [-0.2, -0.15) is 0 Å². The average Bonchev–Trinajstić information content (AvgIpc) is 2.40. The molecule has 0 aromatic heterocycles. The van der Waals surface area contributed by atoms with Crippen molar-refractivity contribution in [2.24, 2.45) is 0 Å². The highest BCUT2D eigenvalue weighted by Gasteiger charge is 2.19. The number of hydrogen-bond acceptors (Lipinski definition) is 1. The smallest absolute Gasteiger partial charge is 0.164 e. The largest absolute Gasteiger partial charge is 0.384 e. The topological polar surface area (TPSA) is 20.2 Å². The van der Waals surface area contributed by atoms with Crippen molar-refractivity contribution in [2.75, 3.05) is 0 Å². The van der Waals surface area contributed by atoms with Gasteiger partial charge in [-0.25, -0.2) is 8.78 Å². The molecule has 0 aliphatic rings. The summed E-state index contributed by atoms with van der Waals surface area (Å²) >= 11 is 0. The molecule has 1 nitrogen and oxygen atoms in total. The Labute approximate surface area is 117 Å². The van der Waals surface area contributed by atoms with Crippen LogP contribution in [0.3, 0.4) is 0 Å². The molecule has 0 amide bonds. The van der Waals surface area contributed by atoms with Crippen molar-refractivity contribution < 1.29 is 13.9 Å². The number of halogens is 2. The van der Waals surface area contributed by atoms with Crippen molar-refractivity contribution in [3.05, 3.63) is 70.8 Å². The van der Waals surface area contributed by atoms with Gasteiger partial charge in [-0.15, -0.1) is 0 Å². The Hall–Kier alpha value is -1.74. The first kappa shape index (κ1) is 14.7. The van der Waals surface area contributed by atoms with Crippen LogP contribution >= 0.6 is 0 Å². The third-order valence-electron chi connectivity index (χ3n) is 3.37. The van der Waals surface area contributed by atoms with Crippen LogP contribution in [0.5, 0.6) is 0 Å². The van der Waals surface area contributed by atoms with Gasteiger partial charge in [0.1, 0.15) is 6.10 Å². The quantitative estimate of drug-likeness (QED) is 0.865. The van der Waals surface area contributed by atoms with Crippen LogP contribution in [0.1, 0.15) is 43.6 Å². The Bertz CT molecular complexity index is 597. The minimum atomic E-state index is -1.17. The summed E-state index contributed by atoms with van der Waals surface area (Å²) in [6, 6.07) is 11.1. The summed E-state index contributed by atoms with van der Waals surface area (Å²) in [6.07, 6.45) is -1.17. The molecular weight excluding hydrogens is 258 g/mol. The molecule has 106 valence electrons. The fourth-order valence-corrected chi connectivity index (χ4v) is 2.08. The van der Waals surface area contributed by atoms with Gasteiger partial charge in [0.25, 0.3) is 0 Å². The molecule has 3 heteroatoms. The van der Waals surface area contributed by atoms with Crippen LogP contribution in [0.4, 0.5) is 8.78 Å². The maximum atomic E-state index is 13.7. The summed E-state index contributed by atoms with van der Waals surface area (Å²) < 4.78 is 26.9. The van der Waals surface area contributed by atoms with Crippen LogP contribution in [0, 0.1) is 11.6 Å². The summed E-state index contributed by atoms with van der Waals surface area (Å²) in [5.74, 6) is -1.95. The van der Waals surface area contributed by atoms with Crippen LogP contribution < -0.4 is 0 Å². The van der Waals surface area contributed by atoms with Crippen molar-refractivity contribution in [3.63, 3.8) is 0 Å². The fourth-order valence-electron chi connectivity index (χ4n) is 2.08. The summed E-state index contributed by atoms with van der Waals surface area (Å²) in [7, 11) is 0. The molecule has 0 saturated carbocycles. The van der Waals surface area contributed by atoms with Gasteiger partial charge in [0.2, 0.25) is 0 Å². The zero-order chi connectivity index (χ0) is 14.9. The van der Waals surface area contributed by atoms with E-state index in [2.05, 4.69) is 20.8 Å². The van der Waals surface area contributed by atoms with Crippen LogP contribution in [0.25, 0.3) is 0 Å². The summed E-state index contributed by atoms with van der Waals surface area (Å²) in [5.41, 5.74) is 1.62. The van der Waals surface area contributed by atoms with Gasteiger partial charge < -0.3 is 5.11 Å². The molecule has 1 atom stereocenters. The van der Waals surface area contributed by atoms with Gasteiger partial charge in [0.05, 0.1) is 0 Å². The van der Waals surface area contributed by atoms with Crippen molar-refractivity contribution in [3.8, 4) is 0 Å². The minimum Gasteiger partial charge on any atom is -0.384 e. The summed E-state index contributed by atoms with van der Waals surface area (Å²) in [6.45, 7) is 6.26. The number of benzene rings is 2. The summed E-state index contributed by atoms with van der Waals surface area (Å²) in [5, 5.41) is 10.2. The van der Waals surface area contributed by atoms with Gasteiger partial charge in [-0.05, 0) is 22.6 Å². The maximum Gasteiger partial charge on any atom is 0.164 e. The van der Waals surface area contributed by atoms with E-state index >= 15 is 0 Å². The maximum absolute atomic E-state index is 13.7. The highest BCUT2D eigenvalue weighted by molar-refractivity contribution is 5.34. The number of hydrogen-bond donors (Lipinski definition) is 1. The first-order chi connectivity index (χ1) is 9.30. The zero-order valence-corrected chi connectivity index (χ0v) is 11.8. The molecule has 1 unspecified atom stereocenters. The minimum absolute atomic E-state index is 0.00753. The van der Waals surface area contributed by atoms with E-state index in [9.17, 15) is 13.9 Å². The normalized spacial score (nSPS) is 13.3. The molecule has 0 bridgehead atoms. The van der Waals surface area contributed by atoms with E-state index in [-0.39, 0.29) is 11.0 Å². The lowest BCUT2D eigenvalue weighted by atomic mass is 9.86. The molecule has 0 spiro atoms. The molecule has 0 fully saturated rings. The van der Waals surface area contributed by atoms with Crippen LogP contribution in [-0.4, -0.2) is 5.11 Å². The predicted molar refractivity (Wildman–Crippen MR) is 75.6 cm³/mol. The molecule has 1 N–H and O–H groups in total. The van der Waals surface area contributed by atoms with Crippen LogP contribution in [0.15, 0.2) is 42.5 Å². The van der Waals surface area contributed by atoms with E-state index in [0.717, 1.165) is 11.6 Å². The van der Waals surface area contributed by atoms with Crippen molar-refractivity contribution >= 4 is 0 Å². The van der Waals surface area contributed by atoms with E-state index in [1.807, 2.05) is 12.1 Å². The van der Waals surface area contributed by atoms with Crippen LogP contribution in [0.2, 0.25) is 0 Å². The van der Waals surface area contributed by atoms with E-state index < -0.39 is 17.7 Å². The van der Waals surface area contributed by atoms with E-state index in [4.69, 9.17) is 0 Å². The average molecular weight is 276 g/mol. The third-order valence-corrected chi connectivity index (χ3v) is 3.37. The number of aliphatic hydroxyl groups is 1. The molecule has 0 aliphatic heterocycles. The van der Waals surface area contributed by atoms with Gasteiger partial charge in [0.15, 0.2) is 11.6 Å². The first-order valence-corrected chi connectivity index (χ1v) is 6.53. The fraction of sp³-hybridized carbons (Fsp3) is 0.294.